The lowest BCUT2D eigenvalue weighted by molar-refractivity contribution is 0.0533. The van der Waals surface area contributed by atoms with E-state index in [9.17, 15) is 4.79 Å². The molecule has 0 aliphatic carbocycles. The first-order valence-corrected chi connectivity index (χ1v) is 10.0. The maximum atomic E-state index is 12.5. The highest BCUT2D eigenvalue weighted by Crippen LogP contribution is 2.13. The lowest BCUT2D eigenvalue weighted by atomic mass is 10.1. The second-order valence-corrected chi connectivity index (χ2v) is 7.50. The van der Waals surface area contributed by atoms with E-state index in [1.165, 1.54) is 11.3 Å². The summed E-state index contributed by atoms with van der Waals surface area (Å²) in [6.07, 6.45) is 5.39. The number of carbonyl (C=O) groups is 1. The van der Waals surface area contributed by atoms with Crippen molar-refractivity contribution < 1.29 is 9.53 Å². The first-order valence-electron chi connectivity index (χ1n) is 10.0. The lowest BCUT2D eigenvalue weighted by Gasteiger charge is -2.30. The summed E-state index contributed by atoms with van der Waals surface area (Å²) in [6.45, 7) is 9.54. The molecule has 2 fully saturated rings. The van der Waals surface area contributed by atoms with Gasteiger partial charge in [-0.2, -0.15) is 0 Å². The Morgan fingerprint density at radius 1 is 1.48 bits per heavy atom. The number of aliphatic imine (C=N–C) groups is 1. The molecule has 158 valence electrons. The third-order valence-corrected chi connectivity index (χ3v) is 5.04. The molecule has 0 spiro atoms. The minimum absolute atomic E-state index is 0.230. The minimum Gasteiger partial charge on any atom is -0.378 e. The molecule has 1 atom stereocenters. The number of nitrogens with two attached hydrogens (primary N) is 1. The lowest BCUT2D eigenvalue weighted by Crippen LogP contribution is -2.42. The van der Waals surface area contributed by atoms with E-state index in [0.29, 0.717) is 24.7 Å². The van der Waals surface area contributed by atoms with Crippen molar-refractivity contribution in [3.8, 4) is 0 Å². The number of aromatic nitrogens is 1. The highest BCUT2D eigenvalue weighted by atomic mass is 16.5. The third kappa shape index (κ3) is 6.52. The fraction of sp³-hybridized carbons (Fsp3) is 0.550. The largest absolute Gasteiger partial charge is 0.378 e. The van der Waals surface area contributed by atoms with E-state index in [2.05, 4.69) is 26.9 Å². The zero-order valence-electron chi connectivity index (χ0n) is 17.1. The van der Waals surface area contributed by atoms with Crippen molar-refractivity contribution in [1.29, 1.82) is 0 Å². The number of likely N-dealkylation sites (tertiary alicyclic amines) is 1. The molecule has 9 heteroatoms. The summed E-state index contributed by atoms with van der Waals surface area (Å²) in [5.74, 6) is 0.363. The van der Waals surface area contributed by atoms with Crippen molar-refractivity contribution in [2.75, 3.05) is 46.4 Å². The van der Waals surface area contributed by atoms with Gasteiger partial charge in [-0.15, -0.1) is 0 Å². The van der Waals surface area contributed by atoms with Gasteiger partial charge in [0.15, 0.2) is 0 Å². The third-order valence-electron chi connectivity index (χ3n) is 5.04. The number of hydrogen-bond donors (Lipinski definition) is 2. The van der Waals surface area contributed by atoms with Crippen molar-refractivity contribution in [2.45, 2.75) is 25.4 Å². The molecule has 2 aliphatic heterocycles. The summed E-state index contributed by atoms with van der Waals surface area (Å²) in [6, 6.07) is 4.00. The Morgan fingerprint density at radius 2 is 2.28 bits per heavy atom. The summed E-state index contributed by atoms with van der Waals surface area (Å²) < 4.78 is 5.32. The average molecular weight is 402 g/mol. The number of pyridine rings is 1. The molecule has 0 unspecified atom stereocenters. The molecule has 29 heavy (non-hydrogen) atoms. The Kier molecular flexibility index (Phi) is 7.56. The van der Waals surface area contributed by atoms with E-state index in [0.717, 1.165) is 51.1 Å². The van der Waals surface area contributed by atoms with E-state index in [1.54, 1.807) is 13.2 Å². The summed E-state index contributed by atoms with van der Waals surface area (Å²) in [5, 5.41) is 1.51. The van der Waals surface area contributed by atoms with Crippen LogP contribution in [0.4, 0.5) is 0 Å². The first-order chi connectivity index (χ1) is 14.0. The van der Waals surface area contributed by atoms with Gasteiger partial charge in [0, 0.05) is 45.5 Å². The van der Waals surface area contributed by atoms with Crippen molar-refractivity contribution in [2.24, 2.45) is 10.7 Å². The fourth-order valence-corrected chi connectivity index (χ4v) is 3.49. The molecule has 0 saturated carbocycles. The first kappa shape index (κ1) is 21.2. The van der Waals surface area contributed by atoms with Crippen LogP contribution in [0.5, 0.6) is 0 Å². The molecule has 3 N–H and O–H groups in total. The molecular weight excluding hydrogens is 370 g/mol. The van der Waals surface area contributed by atoms with Crippen LogP contribution in [0, 0.1) is 0 Å². The van der Waals surface area contributed by atoms with Gasteiger partial charge in [0.1, 0.15) is 17.9 Å². The highest BCUT2D eigenvalue weighted by molar-refractivity contribution is 5.92. The molecule has 1 amide bonds. The van der Waals surface area contributed by atoms with Crippen LogP contribution in [0.1, 0.15) is 28.9 Å². The zero-order valence-corrected chi connectivity index (χ0v) is 17.1. The second-order valence-electron chi connectivity index (χ2n) is 7.50. The second kappa shape index (κ2) is 10.3. The number of amides is 1. The van der Waals surface area contributed by atoms with Crippen molar-refractivity contribution >= 4 is 12.2 Å². The number of morpholine rings is 1. The van der Waals surface area contributed by atoms with Crippen molar-refractivity contribution in [3.05, 3.63) is 42.0 Å². The molecule has 0 aromatic carbocycles. The molecule has 1 aromatic heterocycles. The van der Waals surface area contributed by atoms with E-state index in [4.69, 9.17) is 10.5 Å². The Labute approximate surface area is 172 Å². The number of nitrogens with one attached hydrogen (secondary N) is 1. The van der Waals surface area contributed by atoms with Crippen LogP contribution < -0.4 is 11.2 Å². The van der Waals surface area contributed by atoms with Gasteiger partial charge < -0.3 is 15.4 Å². The van der Waals surface area contributed by atoms with Gasteiger partial charge in [0.05, 0.1) is 13.2 Å². The molecule has 2 saturated heterocycles. The Bertz CT molecular complexity index is 733. The normalized spacial score (nSPS) is 20.6. The van der Waals surface area contributed by atoms with E-state index >= 15 is 0 Å². The van der Waals surface area contributed by atoms with Gasteiger partial charge in [-0.3, -0.25) is 25.1 Å². The SMILES string of the molecule is C=C(/N=C\N(C)NC(=O)c1cc(CN2CCC[C@@H](N)C2)ccn1)N1CCOCC1. The Morgan fingerprint density at radius 3 is 3.03 bits per heavy atom. The number of hydrogen-bond acceptors (Lipinski definition) is 7. The Balaban J connectivity index is 1.51. The molecule has 3 heterocycles. The molecular formula is C20H31N7O2. The van der Waals surface area contributed by atoms with E-state index in [1.807, 2.05) is 17.0 Å². The Hall–Kier alpha value is -2.49. The molecule has 2 aliphatic rings. The van der Waals surface area contributed by atoms with Crippen LogP contribution in [-0.2, 0) is 11.3 Å². The maximum absolute atomic E-state index is 12.5. The number of hydrazine groups is 1. The topological polar surface area (TPSA) is 99.3 Å². The highest BCUT2D eigenvalue weighted by Gasteiger charge is 2.17. The van der Waals surface area contributed by atoms with Crippen LogP contribution in [0.3, 0.4) is 0 Å². The predicted molar refractivity (Wildman–Crippen MR) is 112 cm³/mol. The molecule has 9 nitrogen and oxygen atoms in total. The maximum Gasteiger partial charge on any atom is 0.288 e. The van der Waals surface area contributed by atoms with Gasteiger partial charge in [-0.1, -0.05) is 6.58 Å². The number of nitrogens with zero attached hydrogens (tertiary/aromatic N) is 5. The number of rotatable bonds is 7. The van der Waals surface area contributed by atoms with Crippen molar-refractivity contribution in [1.82, 2.24) is 25.2 Å². The zero-order chi connectivity index (χ0) is 20.6. The smallest absolute Gasteiger partial charge is 0.288 e. The van der Waals surface area contributed by atoms with Gasteiger partial charge >= 0.3 is 0 Å². The van der Waals surface area contributed by atoms with Crippen LogP contribution in [-0.4, -0.2) is 84.5 Å². The summed E-state index contributed by atoms with van der Waals surface area (Å²) in [4.78, 5) is 25.4. The van der Waals surface area contributed by atoms with Crippen LogP contribution in [0.25, 0.3) is 0 Å². The van der Waals surface area contributed by atoms with Gasteiger partial charge in [0.2, 0.25) is 0 Å². The number of piperidine rings is 1. The standard InChI is InChI=1S/C20H31N7O2/c1-16(27-8-10-29-11-9-27)23-15-25(2)24-20(28)19-12-17(5-6-22-19)13-26-7-3-4-18(21)14-26/h5-6,12,15,18H,1,3-4,7-11,13-14,21H2,2H3,(H,24,28)/b23-15-/t18-/m1/s1. The molecule has 0 bridgehead atoms. The summed E-state index contributed by atoms with van der Waals surface area (Å²) in [7, 11) is 1.72. The predicted octanol–water partition coefficient (Wildman–Crippen LogP) is 0.413. The van der Waals surface area contributed by atoms with Crippen LogP contribution in [0.2, 0.25) is 0 Å². The van der Waals surface area contributed by atoms with Crippen LogP contribution in [0.15, 0.2) is 35.7 Å². The van der Waals surface area contributed by atoms with E-state index < -0.39 is 0 Å². The van der Waals surface area contributed by atoms with Crippen molar-refractivity contribution in [3.63, 3.8) is 0 Å². The number of ether oxygens (including phenoxy) is 1. The summed E-state index contributed by atoms with van der Waals surface area (Å²) in [5.41, 5.74) is 10.2. The average Bonchev–Trinajstić information content (AvgIpc) is 2.73. The molecule has 0 radical (unpaired) electrons. The van der Waals surface area contributed by atoms with Gasteiger partial charge in [0.25, 0.3) is 5.91 Å². The van der Waals surface area contributed by atoms with Gasteiger partial charge in [-0.05, 0) is 37.1 Å². The quantitative estimate of drug-likeness (QED) is 0.388. The van der Waals surface area contributed by atoms with Crippen LogP contribution >= 0.6 is 0 Å². The number of carbonyl (C=O) groups excluding carboxylic acids is 1. The monoisotopic (exact) mass is 401 g/mol. The minimum atomic E-state index is -0.284. The fourth-order valence-electron chi connectivity index (χ4n) is 3.49. The van der Waals surface area contributed by atoms with Gasteiger partial charge in [-0.25, -0.2) is 4.99 Å². The molecule has 1 aromatic rings. The molecule has 3 rings (SSSR count). The van der Waals surface area contributed by atoms with E-state index in [-0.39, 0.29) is 11.9 Å². The summed E-state index contributed by atoms with van der Waals surface area (Å²) >= 11 is 0.